The normalized spacial score (nSPS) is 9.78. The molecule has 2 N–H and O–H groups in total. The van der Waals surface area contributed by atoms with Crippen molar-refractivity contribution in [3.8, 4) is 17.5 Å². The van der Waals surface area contributed by atoms with Crippen LogP contribution in [0.3, 0.4) is 0 Å². The Hall–Kier alpha value is -2.81. The third kappa shape index (κ3) is 1.78. The quantitative estimate of drug-likeness (QED) is 0.836. The van der Waals surface area contributed by atoms with E-state index >= 15 is 0 Å². The summed E-state index contributed by atoms with van der Waals surface area (Å²) in [7, 11) is 1.40. The molecule has 0 aliphatic carbocycles. The van der Waals surface area contributed by atoms with Gasteiger partial charge in [-0.15, -0.1) is 0 Å². The summed E-state index contributed by atoms with van der Waals surface area (Å²) < 4.78 is 6.25. The van der Waals surface area contributed by atoms with Crippen molar-refractivity contribution in [2.75, 3.05) is 12.8 Å². The van der Waals surface area contributed by atoms with Crippen molar-refractivity contribution in [2.24, 2.45) is 0 Å². The highest BCUT2D eigenvalue weighted by Gasteiger charge is 2.12. The van der Waals surface area contributed by atoms with E-state index < -0.39 is 5.56 Å². The highest BCUT2D eigenvalue weighted by Crippen LogP contribution is 2.17. The van der Waals surface area contributed by atoms with Gasteiger partial charge in [0.25, 0.3) is 5.56 Å². The van der Waals surface area contributed by atoms with Crippen LogP contribution in [-0.4, -0.2) is 16.7 Å². The topological polar surface area (TPSA) is 93.9 Å². The first-order valence-corrected chi connectivity index (χ1v) is 5.08. The highest BCUT2D eigenvalue weighted by atomic mass is 16.5. The van der Waals surface area contributed by atoms with Gasteiger partial charge in [0.1, 0.15) is 11.8 Å². The number of hydrogen-bond donors (Lipinski definition) is 1. The molecule has 0 fully saturated rings. The van der Waals surface area contributed by atoms with E-state index in [1.807, 2.05) is 6.07 Å². The van der Waals surface area contributed by atoms with Gasteiger partial charge in [0.15, 0.2) is 5.56 Å². The lowest BCUT2D eigenvalue weighted by molar-refractivity contribution is 0.411. The first kappa shape index (κ1) is 11.7. The molecule has 2 rings (SSSR count). The average Bonchev–Trinajstić information content (AvgIpc) is 2.39. The molecule has 0 saturated heterocycles. The van der Waals surface area contributed by atoms with E-state index in [-0.39, 0.29) is 11.3 Å². The zero-order chi connectivity index (χ0) is 13.1. The van der Waals surface area contributed by atoms with Crippen LogP contribution in [0, 0.1) is 11.3 Å². The molecule has 0 saturated carbocycles. The molecule has 2 aromatic rings. The van der Waals surface area contributed by atoms with Crippen molar-refractivity contribution in [1.82, 2.24) is 9.55 Å². The summed E-state index contributed by atoms with van der Waals surface area (Å²) >= 11 is 0. The molecule has 0 radical (unpaired) electrons. The van der Waals surface area contributed by atoms with Crippen molar-refractivity contribution >= 4 is 5.69 Å². The standard InChI is InChI=1S/C12H10N4O2/c1-18-11-3-5-16(12(17)8(11)6-13)10-2-4-15-7-9(10)14/h2-5,7H,14H2,1H3. The van der Waals surface area contributed by atoms with Gasteiger partial charge in [-0.1, -0.05) is 0 Å². The molecule has 2 aromatic heterocycles. The van der Waals surface area contributed by atoms with E-state index in [1.165, 1.54) is 30.3 Å². The highest BCUT2D eigenvalue weighted by molar-refractivity contribution is 5.56. The van der Waals surface area contributed by atoms with E-state index in [4.69, 9.17) is 15.7 Å². The lowest BCUT2D eigenvalue weighted by atomic mass is 10.2. The number of anilines is 1. The number of nitriles is 1. The first-order chi connectivity index (χ1) is 8.69. The molecule has 0 spiro atoms. The summed E-state index contributed by atoms with van der Waals surface area (Å²) in [6, 6.07) is 4.97. The maximum absolute atomic E-state index is 12.1. The number of nitrogens with zero attached hydrogens (tertiary/aromatic N) is 3. The molecule has 0 aromatic carbocycles. The van der Waals surface area contributed by atoms with E-state index in [9.17, 15) is 4.79 Å². The van der Waals surface area contributed by atoms with Crippen LogP contribution in [0.5, 0.6) is 5.75 Å². The Balaban J connectivity index is 2.73. The van der Waals surface area contributed by atoms with E-state index in [0.717, 1.165) is 0 Å². The van der Waals surface area contributed by atoms with E-state index in [0.29, 0.717) is 11.4 Å². The predicted molar refractivity (Wildman–Crippen MR) is 65.5 cm³/mol. The molecule has 0 aliphatic heterocycles. The Morgan fingerprint density at radius 1 is 1.50 bits per heavy atom. The molecular weight excluding hydrogens is 232 g/mol. The van der Waals surface area contributed by atoms with Gasteiger partial charge in [-0.05, 0) is 12.1 Å². The summed E-state index contributed by atoms with van der Waals surface area (Å²) in [6.45, 7) is 0. The second-order valence-corrected chi connectivity index (χ2v) is 3.48. The molecule has 6 heteroatoms. The minimum atomic E-state index is -0.477. The zero-order valence-corrected chi connectivity index (χ0v) is 9.62. The third-order valence-electron chi connectivity index (χ3n) is 2.47. The van der Waals surface area contributed by atoms with Crippen LogP contribution in [-0.2, 0) is 0 Å². The van der Waals surface area contributed by atoms with Crippen molar-refractivity contribution in [3.63, 3.8) is 0 Å². The molecule has 2 heterocycles. The van der Waals surface area contributed by atoms with E-state index in [2.05, 4.69) is 4.98 Å². The molecule has 18 heavy (non-hydrogen) atoms. The second-order valence-electron chi connectivity index (χ2n) is 3.48. The molecule has 0 unspecified atom stereocenters. The summed E-state index contributed by atoms with van der Waals surface area (Å²) in [4.78, 5) is 16.0. The van der Waals surface area contributed by atoms with Crippen LogP contribution in [0.4, 0.5) is 5.69 Å². The lowest BCUT2D eigenvalue weighted by Gasteiger charge is -2.10. The van der Waals surface area contributed by atoms with Gasteiger partial charge in [-0.25, -0.2) is 0 Å². The van der Waals surface area contributed by atoms with Crippen molar-refractivity contribution in [2.45, 2.75) is 0 Å². The van der Waals surface area contributed by atoms with Crippen LogP contribution < -0.4 is 16.0 Å². The van der Waals surface area contributed by atoms with Crippen molar-refractivity contribution < 1.29 is 4.74 Å². The van der Waals surface area contributed by atoms with Gasteiger partial charge >= 0.3 is 0 Å². The summed E-state index contributed by atoms with van der Waals surface area (Å²) in [5.74, 6) is 0.242. The third-order valence-corrected chi connectivity index (χ3v) is 2.47. The molecular formula is C12H10N4O2. The van der Waals surface area contributed by atoms with Crippen LogP contribution in [0.1, 0.15) is 5.56 Å². The number of aromatic nitrogens is 2. The molecule has 0 amide bonds. The number of ether oxygens (including phenoxy) is 1. The zero-order valence-electron chi connectivity index (χ0n) is 9.62. The van der Waals surface area contributed by atoms with E-state index in [1.54, 1.807) is 12.1 Å². The lowest BCUT2D eigenvalue weighted by Crippen LogP contribution is -2.22. The Kier molecular flexibility index (Phi) is 2.98. The molecule has 0 aliphatic rings. The van der Waals surface area contributed by atoms with Crippen LogP contribution in [0.15, 0.2) is 35.5 Å². The van der Waals surface area contributed by atoms with Crippen LogP contribution >= 0.6 is 0 Å². The molecule has 0 bridgehead atoms. The van der Waals surface area contributed by atoms with Crippen LogP contribution in [0.25, 0.3) is 5.69 Å². The maximum Gasteiger partial charge on any atom is 0.276 e. The second kappa shape index (κ2) is 4.59. The minimum Gasteiger partial charge on any atom is -0.495 e. The van der Waals surface area contributed by atoms with Gasteiger partial charge in [0.05, 0.1) is 24.7 Å². The SMILES string of the molecule is COc1ccn(-c2ccncc2N)c(=O)c1C#N. The Labute approximate surface area is 103 Å². The number of methoxy groups -OCH3 is 1. The summed E-state index contributed by atoms with van der Waals surface area (Å²) in [6.07, 6.45) is 4.47. The molecule has 90 valence electrons. The molecule has 0 atom stereocenters. The molecule has 6 nitrogen and oxygen atoms in total. The fourth-order valence-corrected chi connectivity index (χ4v) is 1.60. The summed E-state index contributed by atoms with van der Waals surface area (Å²) in [5, 5.41) is 8.98. The maximum atomic E-state index is 12.1. The Morgan fingerprint density at radius 3 is 2.89 bits per heavy atom. The minimum absolute atomic E-state index is 0.0591. The monoisotopic (exact) mass is 242 g/mol. The number of hydrogen-bond acceptors (Lipinski definition) is 5. The van der Waals surface area contributed by atoms with Crippen molar-refractivity contribution in [3.05, 3.63) is 46.6 Å². The average molecular weight is 242 g/mol. The number of nitrogen functional groups attached to an aromatic ring is 1. The smallest absolute Gasteiger partial charge is 0.276 e. The van der Waals surface area contributed by atoms with Gasteiger partial charge in [-0.2, -0.15) is 5.26 Å². The largest absolute Gasteiger partial charge is 0.495 e. The summed E-state index contributed by atoms with van der Waals surface area (Å²) in [5.41, 5.74) is 6.05. The number of rotatable bonds is 2. The van der Waals surface area contributed by atoms with Gasteiger partial charge in [0, 0.05) is 12.4 Å². The Bertz CT molecular complexity index is 685. The fraction of sp³-hybridized carbons (Fsp3) is 0.0833. The Morgan fingerprint density at radius 2 is 2.28 bits per heavy atom. The fourth-order valence-electron chi connectivity index (χ4n) is 1.60. The number of pyridine rings is 2. The van der Waals surface area contributed by atoms with Crippen molar-refractivity contribution in [1.29, 1.82) is 5.26 Å². The predicted octanol–water partition coefficient (Wildman–Crippen LogP) is 0.695. The first-order valence-electron chi connectivity index (χ1n) is 5.08. The van der Waals surface area contributed by atoms with Gasteiger partial charge in [-0.3, -0.25) is 14.3 Å². The van der Waals surface area contributed by atoms with Gasteiger partial charge < -0.3 is 10.5 Å². The van der Waals surface area contributed by atoms with Gasteiger partial charge in [0.2, 0.25) is 0 Å². The number of nitrogens with two attached hydrogens (primary N) is 1. The van der Waals surface area contributed by atoms with Crippen LogP contribution in [0.2, 0.25) is 0 Å².